The standard InChI is InChI=1S/C18H21N3O2/c1-10(22)20-17-19-9-13(21-17)16-15(18(16,2)3)12-5-4-6-14-11(12)7-8-23-14/h4-6,9,15-16H,7-8H2,1-3H3,(H2,19,20,21,22)/t15-,16-/m1/s1. The first-order chi connectivity index (χ1) is 11.0. The molecule has 1 aromatic carbocycles. The summed E-state index contributed by atoms with van der Waals surface area (Å²) in [5.74, 6) is 2.23. The van der Waals surface area contributed by atoms with Crippen LogP contribution in [0.1, 0.15) is 49.4 Å². The van der Waals surface area contributed by atoms with Gasteiger partial charge in [0, 0.05) is 31.0 Å². The van der Waals surface area contributed by atoms with Gasteiger partial charge >= 0.3 is 0 Å². The largest absolute Gasteiger partial charge is 0.493 e. The number of benzene rings is 1. The minimum atomic E-state index is -0.115. The second-order valence-corrected chi connectivity index (χ2v) is 7.05. The SMILES string of the molecule is CC(=O)Nc1nc([C@@H]2[C@@H](c3cccc4c3CCO4)C2(C)C)c[nH]1. The van der Waals surface area contributed by atoms with Crippen LogP contribution in [-0.2, 0) is 11.2 Å². The number of ether oxygens (including phenoxy) is 1. The summed E-state index contributed by atoms with van der Waals surface area (Å²) in [4.78, 5) is 18.8. The van der Waals surface area contributed by atoms with Crippen molar-refractivity contribution >= 4 is 11.9 Å². The lowest BCUT2D eigenvalue weighted by atomic mass is 9.96. The number of H-pyrrole nitrogens is 1. The number of fused-ring (bicyclic) bond motifs is 1. The van der Waals surface area contributed by atoms with Gasteiger partial charge in [0.15, 0.2) is 0 Å². The molecule has 1 fully saturated rings. The summed E-state index contributed by atoms with van der Waals surface area (Å²) >= 11 is 0. The average molecular weight is 311 g/mol. The van der Waals surface area contributed by atoms with Crippen molar-refractivity contribution < 1.29 is 9.53 Å². The van der Waals surface area contributed by atoms with E-state index in [0.717, 1.165) is 24.5 Å². The fourth-order valence-corrected chi connectivity index (χ4v) is 4.04. The molecular weight excluding hydrogens is 290 g/mol. The number of anilines is 1. The monoisotopic (exact) mass is 311 g/mol. The van der Waals surface area contributed by atoms with Gasteiger partial charge < -0.3 is 9.72 Å². The van der Waals surface area contributed by atoms with Gasteiger partial charge in [0.2, 0.25) is 11.9 Å². The van der Waals surface area contributed by atoms with Crippen LogP contribution in [0.4, 0.5) is 5.95 Å². The van der Waals surface area contributed by atoms with Crippen molar-refractivity contribution in [2.45, 2.75) is 39.0 Å². The Balaban J connectivity index is 1.65. The van der Waals surface area contributed by atoms with Crippen LogP contribution in [0.25, 0.3) is 0 Å². The maximum atomic E-state index is 11.2. The molecular formula is C18H21N3O2. The van der Waals surface area contributed by atoms with Crippen LogP contribution in [0.5, 0.6) is 5.75 Å². The zero-order valence-electron chi connectivity index (χ0n) is 13.6. The second kappa shape index (κ2) is 4.85. The molecule has 120 valence electrons. The Morgan fingerprint density at radius 2 is 2.22 bits per heavy atom. The van der Waals surface area contributed by atoms with Crippen LogP contribution in [0.2, 0.25) is 0 Å². The number of hydrogen-bond acceptors (Lipinski definition) is 3. The zero-order chi connectivity index (χ0) is 16.2. The second-order valence-electron chi connectivity index (χ2n) is 7.05. The third-order valence-corrected chi connectivity index (χ3v) is 5.15. The molecule has 0 saturated heterocycles. The molecule has 2 heterocycles. The molecule has 4 rings (SSSR count). The number of carbonyl (C=O) groups is 1. The average Bonchev–Trinajstić information content (AvgIpc) is 2.92. The third kappa shape index (κ3) is 2.22. The number of aromatic amines is 1. The molecule has 1 saturated carbocycles. The van der Waals surface area contributed by atoms with Gasteiger partial charge in [-0.2, -0.15) is 0 Å². The molecule has 0 unspecified atom stereocenters. The molecule has 1 aliphatic carbocycles. The molecule has 2 aromatic rings. The van der Waals surface area contributed by atoms with Crippen LogP contribution in [0, 0.1) is 5.41 Å². The van der Waals surface area contributed by atoms with Crippen molar-refractivity contribution in [1.29, 1.82) is 0 Å². The molecule has 1 aromatic heterocycles. The van der Waals surface area contributed by atoms with Crippen molar-refractivity contribution in [3.8, 4) is 5.75 Å². The maximum absolute atomic E-state index is 11.2. The van der Waals surface area contributed by atoms with Crippen molar-refractivity contribution in [3.05, 3.63) is 41.2 Å². The van der Waals surface area contributed by atoms with Gasteiger partial charge in [-0.25, -0.2) is 4.98 Å². The summed E-state index contributed by atoms with van der Waals surface area (Å²) in [6.07, 6.45) is 2.90. The number of hydrogen-bond donors (Lipinski definition) is 2. The van der Waals surface area contributed by atoms with Crippen LogP contribution in [-0.4, -0.2) is 22.5 Å². The Bertz CT molecular complexity index is 778. The summed E-state index contributed by atoms with van der Waals surface area (Å²) in [6, 6.07) is 6.36. The van der Waals surface area contributed by atoms with E-state index < -0.39 is 0 Å². The number of aromatic nitrogens is 2. The molecule has 5 heteroatoms. The van der Waals surface area contributed by atoms with E-state index in [4.69, 9.17) is 4.74 Å². The Hall–Kier alpha value is -2.30. The number of amides is 1. The Kier molecular flexibility index (Phi) is 3.01. The molecule has 0 spiro atoms. The highest BCUT2D eigenvalue weighted by Crippen LogP contribution is 2.70. The van der Waals surface area contributed by atoms with Gasteiger partial charge in [-0.3, -0.25) is 10.1 Å². The lowest BCUT2D eigenvalue weighted by molar-refractivity contribution is -0.114. The molecule has 5 nitrogen and oxygen atoms in total. The minimum Gasteiger partial charge on any atom is -0.493 e. The fraction of sp³-hybridized carbons (Fsp3) is 0.444. The zero-order valence-corrected chi connectivity index (χ0v) is 13.6. The van der Waals surface area contributed by atoms with Crippen molar-refractivity contribution in [1.82, 2.24) is 9.97 Å². The van der Waals surface area contributed by atoms with Crippen LogP contribution in [0.15, 0.2) is 24.4 Å². The van der Waals surface area contributed by atoms with E-state index in [0.29, 0.717) is 17.8 Å². The Morgan fingerprint density at radius 1 is 1.39 bits per heavy atom. The highest BCUT2D eigenvalue weighted by Gasteiger charge is 2.60. The lowest BCUT2D eigenvalue weighted by Gasteiger charge is -2.08. The quantitative estimate of drug-likeness (QED) is 0.914. The number of nitrogens with one attached hydrogen (secondary N) is 2. The van der Waals surface area contributed by atoms with Gasteiger partial charge in [-0.05, 0) is 23.0 Å². The van der Waals surface area contributed by atoms with Crippen molar-refractivity contribution in [2.24, 2.45) is 5.41 Å². The summed E-state index contributed by atoms with van der Waals surface area (Å²) in [7, 11) is 0. The first-order valence-corrected chi connectivity index (χ1v) is 8.06. The molecule has 2 N–H and O–H groups in total. The summed E-state index contributed by atoms with van der Waals surface area (Å²) in [6.45, 7) is 6.83. The van der Waals surface area contributed by atoms with Gasteiger partial charge in [-0.1, -0.05) is 26.0 Å². The van der Waals surface area contributed by atoms with Crippen LogP contribution >= 0.6 is 0 Å². The summed E-state index contributed by atoms with van der Waals surface area (Å²) < 4.78 is 5.70. The highest BCUT2D eigenvalue weighted by molar-refractivity contribution is 5.86. The lowest BCUT2D eigenvalue weighted by Crippen LogP contribution is -2.07. The van der Waals surface area contributed by atoms with E-state index in [9.17, 15) is 4.79 Å². The van der Waals surface area contributed by atoms with E-state index in [2.05, 4.69) is 47.3 Å². The maximum Gasteiger partial charge on any atom is 0.223 e. The van der Waals surface area contributed by atoms with Gasteiger partial charge in [0.25, 0.3) is 0 Å². The molecule has 1 amide bonds. The van der Waals surface area contributed by atoms with Crippen molar-refractivity contribution in [3.63, 3.8) is 0 Å². The van der Waals surface area contributed by atoms with Gasteiger partial charge in [-0.15, -0.1) is 0 Å². The molecule has 2 aliphatic rings. The van der Waals surface area contributed by atoms with Crippen LogP contribution < -0.4 is 10.1 Å². The minimum absolute atomic E-state index is 0.115. The highest BCUT2D eigenvalue weighted by atomic mass is 16.5. The Morgan fingerprint density at radius 3 is 3.00 bits per heavy atom. The summed E-state index contributed by atoms with van der Waals surface area (Å²) in [5.41, 5.74) is 3.91. The van der Waals surface area contributed by atoms with Gasteiger partial charge in [0.1, 0.15) is 5.75 Å². The van der Waals surface area contributed by atoms with Gasteiger partial charge in [0.05, 0.1) is 12.3 Å². The molecule has 2 atom stereocenters. The normalized spacial score (nSPS) is 24.0. The van der Waals surface area contributed by atoms with E-state index in [1.54, 1.807) is 0 Å². The molecule has 23 heavy (non-hydrogen) atoms. The predicted molar refractivity (Wildman–Crippen MR) is 87.8 cm³/mol. The number of carbonyl (C=O) groups excluding carboxylic acids is 1. The predicted octanol–water partition coefficient (Wildman–Crippen LogP) is 3.21. The van der Waals surface area contributed by atoms with E-state index in [1.807, 2.05) is 6.20 Å². The number of imidazole rings is 1. The third-order valence-electron chi connectivity index (χ3n) is 5.15. The Labute approximate surface area is 135 Å². The fourth-order valence-electron chi connectivity index (χ4n) is 4.04. The molecule has 0 radical (unpaired) electrons. The van der Waals surface area contributed by atoms with E-state index >= 15 is 0 Å². The smallest absolute Gasteiger partial charge is 0.223 e. The topological polar surface area (TPSA) is 67.0 Å². The van der Waals surface area contributed by atoms with E-state index in [-0.39, 0.29) is 11.3 Å². The van der Waals surface area contributed by atoms with E-state index in [1.165, 1.54) is 18.1 Å². The molecule has 0 bridgehead atoms. The summed E-state index contributed by atoms with van der Waals surface area (Å²) in [5, 5.41) is 2.71. The van der Waals surface area contributed by atoms with Crippen LogP contribution in [0.3, 0.4) is 0 Å². The number of rotatable bonds is 3. The first-order valence-electron chi connectivity index (χ1n) is 8.06. The first kappa shape index (κ1) is 14.3. The molecule has 1 aliphatic heterocycles. The number of nitrogens with zero attached hydrogens (tertiary/aromatic N) is 1. The van der Waals surface area contributed by atoms with Crippen molar-refractivity contribution in [2.75, 3.05) is 11.9 Å².